The van der Waals surface area contributed by atoms with Gasteiger partial charge in [-0.05, 0) is 62.2 Å². The third-order valence-corrected chi connectivity index (χ3v) is 6.39. The zero-order valence-corrected chi connectivity index (χ0v) is 22.1. The molecule has 4 aromatic rings. The van der Waals surface area contributed by atoms with Crippen LogP contribution in [0.4, 0.5) is 0 Å². The summed E-state index contributed by atoms with van der Waals surface area (Å²) in [4.78, 5) is 25.2. The molecule has 8 nitrogen and oxygen atoms in total. The second kappa shape index (κ2) is 11.6. The van der Waals surface area contributed by atoms with Crippen LogP contribution in [-0.2, 0) is 11.2 Å². The summed E-state index contributed by atoms with van der Waals surface area (Å²) in [5.41, 5.74) is 7.10. The Morgan fingerprint density at radius 3 is 2.34 bits per heavy atom. The number of hydrogen-bond donors (Lipinski definition) is 1. The minimum atomic E-state index is -0.430. The molecular weight excluding hydrogens is 484 g/mol. The molecule has 0 bridgehead atoms. The van der Waals surface area contributed by atoms with Gasteiger partial charge in [0.25, 0.3) is 5.91 Å². The number of rotatable bonds is 9. The van der Waals surface area contributed by atoms with Gasteiger partial charge in [-0.1, -0.05) is 30.3 Å². The van der Waals surface area contributed by atoms with E-state index >= 15 is 0 Å². The first-order valence-corrected chi connectivity index (χ1v) is 12.1. The summed E-state index contributed by atoms with van der Waals surface area (Å²) in [5, 5.41) is 4.99. The lowest BCUT2D eigenvalue weighted by Crippen LogP contribution is -2.25. The Balaban J connectivity index is 1.46. The molecule has 0 fully saturated rings. The predicted molar refractivity (Wildman–Crippen MR) is 147 cm³/mol. The molecule has 0 unspecified atom stereocenters. The standard InChI is InChI=1S/C30H30N2O6/c1-18-23-12-14-25(19(2)29(23)38-30(34)24(18)15-21-9-7-6-8-10-21)37-17-28(33)32-31-20(3)22-11-13-26(35-4)27(16-22)36-5/h6-14,16H,15,17H2,1-5H3,(H,32,33)/b31-20+. The van der Waals surface area contributed by atoms with Gasteiger partial charge in [0, 0.05) is 28.5 Å². The number of carbonyl (C=O) groups is 1. The third kappa shape index (κ3) is 5.70. The number of fused-ring (bicyclic) bond motifs is 1. The van der Waals surface area contributed by atoms with Gasteiger partial charge in [0.15, 0.2) is 18.1 Å². The van der Waals surface area contributed by atoms with E-state index < -0.39 is 5.91 Å². The number of amides is 1. The Labute approximate surface area is 220 Å². The molecule has 0 saturated carbocycles. The Bertz CT molecular complexity index is 1560. The molecule has 0 radical (unpaired) electrons. The van der Waals surface area contributed by atoms with Gasteiger partial charge in [0.05, 0.1) is 19.9 Å². The molecule has 0 saturated heterocycles. The number of benzene rings is 3. The summed E-state index contributed by atoms with van der Waals surface area (Å²) in [6.07, 6.45) is 0.492. The fourth-order valence-corrected chi connectivity index (χ4v) is 4.18. The normalized spacial score (nSPS) is 11.3. The van der Waals surface area contributed by atoms with Crippen LogP contribution in [0, 0.1) is 13.8 Å². The van der Waals surface area contributed by atoms with Crippen molar-refractivity contribution in [3.63, 3.8) is 0 Å². The maximum Gasteiger partial charge on any atom is 0.340 e. The SMILES string of the molecule is COc1ccc(/C(C)=N/NC(=O)COc2ccc3c(C)c(Cc4ccccc4)c(=O)oc3c2C)cc1OC. The van der Waals surface area contributed by atoms with Crippen molar-refractivity contribution in [2.24, 2.45) is 5.10 Å². The number of nitrogens with one attached hydrogen (secondary N) is 1. The minimum Gasteiger partial charge on any atom is -0.493 e. The van der Waals surface area contributed by atoms with Crippen molar-refractivity contribution in [1.29, 1.82) is 0 Å². The molecule has 1 heterocycles. The van der Waals surface area contributed by atoms with Crippen molar-refractivity contribution in [1.82, 2.24) is 5.43 Å². The van der Waals surface area contributed by atoms with Gasteiger partial charge < -0.3 is 18.6 Å². The molecular formula is C30H30N2O6. The Morgan fingerprint density at radius 1 is 0.921 bits per heavy atom. The molecule has 38 heavy (non-hydrogen) atoms. The van der Waals surface area contributed by atoms with E-state index in [1.807, 2.05) is 49.4 Å². The van der Waals surface area contributed by atoms with E-state index in [2.05, 4.69) is 10.5 Å². The molecule has 1 N–H and O–H groups in total. The summed E-state index contributed by atoms with van der Waals surface area (Å²) >= 11 is 0. The minimum absolute atomic E-state index is 0.260. The maximum absolute atomic E-state index is 12.8. The van der Waals surface area contributed by atoms with E-state index in [1.165, 1.54) is 0 Å². The number of aryl methyl sites for hydroxylation is 2. The van der Waals surface area contributed by atoms with E-state index in [0.29, 0.717) is 46.1 Å². The third-order valence-electron chi connectivity index (χ3n) is 6.39. The molecule has 0 atom stereocenters. The first-order valence-electron chi connectivity index (χ1n) is 12.1. The van der Waals surface area contributed by atoms with Crippen LogP contribution in [-0.4, -0.2) is 32.4 Å². The molecule has 196 valence electrons. The smallest absolute Gasteiger partial charge is 0.340 e. The average molecular weight is 515 g/mol. The van der Waals surface area contributed by atoms with E-state index in [0.717, 1.165) is 22.1 Å². The van der Waals surface area contributed by atoms with Crippen LogP contribution in [0.5, 0.6) is 17.2 Å². The molecule has 0 aliphatic carbocycles. The summed E-state index contributed by atoms with van der Waals surface area (Å²) in [6, 6.07) is 18.8. The van der Waals surface area contributed by atoms with Crippen molar-refractivity contribution in [2.45, 2.75) is 27.2 Å². The van der Waals surface area contributed by atoms with Gasteiger partial charge in [-0.2, -0.15) is 5.10 Å². The van der Waals surface area contributed by atoms with E-state index in [1.54, 1.807) is 46.3 Å². The molecule has 0 aliphatic heterocycles. The van der Waals surface area contributed by atoms with Crippen LogP contribution < -0.4 is 25.3 Å². The predicted octanol–water partition coefficient (Wildman–Crippen LogP) is 4.94. The summed E-state index contributed by atoms with van der Waals surface area (Å²) in [6.45, 7) is 5.23. The van der Waals surface area contributed by atoms with Crippen molar-refractivity contribution in [3.05, 3.63) is 98.9 Å². The van der Waals surface area contributed by atoms with Gasteiger partial charge in [0.2, 0.25) is 0 Å². The fourth-order valence-electron chi connectivity index (χ4n) is 4.18. The van der Waals surface area contributed by atoms with Gasteiger partial charge in [-0.25, -0.2) is 10.2 Å². The van der Waals surface area contributed by atoms with Crippen molar-refractivity contribution in [2.75, 3.05) is 20.8 Å². The molecule has 3 aromatic carbocycles. The highest BCUT2D eigenvalue weighted by Gasteiger charge is 2.16. The molecule has 0 aliphatic rings. The summed E-state index contributed by atoms with van der Waals surface area (Å²) < 4.78 is 22.0. The van der Waals surface area contributed by atoms with Crippen LogP contribution in [0.3, 0.4) is 0 Å². The van der Waals surface area contributed by atoms with Crippen molar-refractivity contribution >= 4 is 22.6 Å². The van der Waals surface area contributed by atoms with Crippen LogP contribution in [0.1, 0.15) is 34.7 Å². The van der Waals surface area contributed by atoms with Crippen LogP contribution in [0.25, 0.3) is 11.0 Å². The highest BCUT2D eigenvalue weighted by Crippen LogP contribution is 2.30. The van der Waals surface area contributed by atoms with E-state index in [4.69, 9.17) is 18.6 Å². The first kappa shape index (κ1) is 26.5. The van der Waals surface area contributed by atoms with Gasteiger partial charge in [0.1, 0.15) is 11.3 Å². The maximum atomic E-state index is 12.8. The van der Waals surface area contributed by atoms with Crippen LogP contribution >= 0.6 is 0 Å². The van der Waals surface area contributed by atoms with Crippen molar-refractivity contribution < 1.29 is 23.4 Å². The Kier molecular flexibility index (Phi) is 8.11. The Hall–Kier alpha value is -4.59. The highest BCUT2D eigenvalue weighted by atomic mass is 16.5. The first-order chi connectivity index (χ1) is 18.3. The quantitative estimate of drug-likeness (QED) is 0.193. The van der Waals surface area contributed by atoms with Gasteiger partial charge in [-0.3, -0.25) is 4.79 Å². The average Bonchev–Trinajstić information content (AvgIpc) is 2.94. The van der Waals surface area contributed by atoms with Crippen molar-refractivity contribution in [3.8, 4) is 17.2 Å². The zero-order valence-electron chi connectivity index (χ0n) is 22.1. The number of methoxy groups -OCH3 is 2. The number of hydrazone groups is 1. The van der Waals surface area contributed by atoms with Crippen LogP contribution in [0.2, 0.25) is 0 Å². The van der Waals surface area contributed by atoms with Gasteiger partial charge in [-0.15, -0.1) is 0 Å². The lowest BCUT2D eigenvalue weighted by molar-refractivity contribution is -0.123. The Morgan fingerprint density at radius 2 is 1.63 bits per heavy atom. The number of carbonyl (C=O) groups excluding carboxylic acids is 1. The largest absolute Gasteiger partial charge is 0.493 e. The number of nitrogens with zero attached hydrogens (tertiary/aromatic N) is 1. The fraction of sp³-hybridized carbons (Fsp3) is 0.233. The van der Waals surface area contributed by atoms with Gasteiger partial charge >= 0.3 is 5.63 Å². The van der Waals surface area contributed by atoms with E-state index in [9.17, 15) is 9.59 Å². The monoisotopic (exact) mass is 514 g/mol. The topological polar surface area (TPSA) is 99.4 Å². The summed E-state index contributed by atoms with van der Waals surface area (Å²) in [7, 11) is 3.12. The van der Waals surface area contributed by atoms with Crippen LogP contribution in [0.15, 0.2) is 75.0 Å². The zero-order chi connectivity index (χ0) is 27.2. The molecule has 1 aromatic heterocycles. The molecule has 1 amide bonds. The second-order valence-corrected chi connectivity index (χ2v) is 8.81. The molecule has 4 rings (SSSR count). The lowest BCUT2D eigenvalue weighted by atomic mass is 9.98. The highest BCUT2D eigenvalue weighted by molar-refractivity contribution is 5.99. The number of ether oxygens (including phenoxy) is 3. The molecule has 0 spiro atoms. The second-order valence-electron chi connectivity index (χ2n) is 8.81. The lowest BCUT2D eigenvalue weighted by Gasteiger charge is -2.13. The number of hydrogen-bond acceptors (Lipinski definition) is 7. The van der Waals surface area contributed by atoms with E-state index in [-0.39, 0.29) is 12.2 Å². The summed E-state index contributed by atoms with van der Waals surface area (Å²) in [5.74, 6) is 1.19. The molecule has 8 heteroatoms.